The lowest BCUT2D eigenvalue weighted by molar-refractivity contribution is -0.131. The van der Waals surface area contributed by atoms with Crippen molar-refractivity contribution in [2.75, 3.05) is 25.5 Å². The highest BCUT2D eigenvalue weighted by atomic mass is 35.5. The number of nitrogens with zero attached hydrogens (tertiary/aromatic N) is 1. The van der Waals surface area contributed by atoms with Crippen molar-refractivity contribution in [2.24, 2.45) is 0 Å². The molecule has 0 fully saturated rings. The Morgan fingerprint density at radius 3 is 2.85 bits per heavy atom. The Hall–Kier alpha value is -2.18. The number of thioether (sulfide) groups is 1. The minimum atomic E-state index is -0.453. The lowest BCUT2D eigenvalue weighted by Gasteiger charge is -2.25. The van der Waals surface area contributed by atoms with E-state index in [0.29, 0.717) is 23.9 Å². The minimum Gasteiger partial charge on any atom is -0.491 e. The van der Waals surface area contributed by atoms with Crippen molar-refractivity contribution in [3.63, 3.8) is 0 Å². The Kier molecular flexibility index (Phi) is 6.29. The van der Waals surface area contributed by atoms with Gasteiger partial charge in [0, 0.05) is 23.4 Å². The molecule has 7 heteroatoms. The smallest absolute Gasteiger partial charge is 0.238 e. The van der Waals surface area contributed by atoms with Crippen molar-refractivity contribution >= 4 is 40.9 Å². The second-order valence-electron chi connectivity index (χ2n) is 6.37. The third-order valence-corrected chi connectivity index (χ3v) is 5.84. The van der Waals surface area contributed by atoms with Crippen LogP contribution in [0.5, 0.6) is 5.75 Å². The molecule has 1 atom stereocenters. The summed E-state index contributed by atoms with van der Waals surface area (Å²) >= 11 is 7.35. The minimum absolute atomic E-state index is 0.0894. The molecule has 2 aromatic rings. The first-order valence-electron chi connectivity index (χ1n) is 8.63. The molecule has 1 aliphatic rings. The molecule has 0 radical (unpaired) electrons. The van der Waals surface area contributed by atoms with Crippen molar-refractivity contribution < 1.29 is 14.3 Å². The lowest BCUT2D eigenvalue weighted by atomic mass is 10.2. The summed E-state index contributed by atoms with van der Waals surface area (Å²) in [6.45, 7) is 2.84. The molecular formula is C20H21ClN2O3S. The number of amides is 2. The topological polar surface area (TPSA) is 58.6 Å². The van der Waals surface area contributed by atoms with Gasteiger partial charge in [-0.25, -0.2) is 0 Å². The molecule has 3 rings (SSSR count). The summed E-state index contributed by atoms with van der Waals surface area (Å²) in [5.74, 6) is 0.553. The summed E-state index contributed by atoms with van der Waals surface area (Å²) in [7, 11) is 1.72. The number of carbonyl (C=O) groups excluding carboxylic acids is 2. The van der Waals surface area contributed by atoms with Gasteiger partial charge in [-0.3, -0.25) is 9.59 Å². The van der Waals surface area contributed by atoms with Gasteiger partial charge >= 0.3 is 0 Å². The number of fused-ring (bicyclic) bond motifs is 1. The first-order valence-corrected chi connectivity index (χ1v) is 9.89. The normalized spacial score (nSPS) is 15.7. The summed E-state index contributed by atoms with van der Waals surface area (Å²) in [6, 6.07) is 13.1. The van der Waals surface area contributed by atoms with E-state index in [1.165, 1.54) is 11.8 Å². The first-order chi connectivity index (χ1) is 12.9. The number of likely N-dealkylation sites (N-methyl/N-ethyl adjacent to an activating group) is 1. The maximum absolute atomic E-state index is 12.5. The largest absolute Gasteiger partial charge is 0.491 e. The summed E-state index contributed by atoms with van der Waals surface area (Å²) < 4.78 is 5.74. The Morgan fingerprint density at radius 2 is 2.07 bits per heavy atom. The van der Waals surface area contributed by atoms with Crippen molar-refractivity contribution in [1.82, 2.24) is 4.90 Å². The molecule has 0 bridgehead atoms. The molecule has 142 valence electrons. The van der Waals surface area contributed by atoms with Crippen molar-refractivity contribution in [2.45, 2.75) is 23.5 Å². The van der Waals surface area contributed by atoms with E-state index in [-0.39, 0.29) is 18.2 Å². The van der Waals surface area contributed by atoms with Gasteiger partial charge in [0.25, 0.3) is 0 Å². The fourth-order valence-corrected chi connectivity index (χ4v) is 3.96. The molecule has 1 unspecified atom stereocenters. The summed E-state index contributed by atoms with van der Waals surface area (Å²) in [4.78, 5) is 27.3. The van der Waals surface area contributed by atoms with Crippen LogP contribution in [0.3, 0.4) is 0 Å². The van der Waals surface area contributed by atoms with Crippen LogP contribution in [-0.4, -0.2) is 42.2 Å². The van der Waals surface area contributed by atoms with Crippen LogP contribution < -0.4 is 10.1 Å². The number of benzene rings is 2. The van der Waals surface area contributed by atoms with Crippen molar-refractivity contribution in [1.29, 1.82) is 0 Å². The molecule has 0 aromatic heterocycles. The van der Waals surface area contributed by atoms with E-state index in [2.05, 4.69) is 5.32 Å². The molecule has 5 nitrogen and oxygen atoms in total. The van der Waals surface area contributed by atoms with Gasteiger partial charge in [0.15, 0.2) is 0 Å². The van der Waals surface area contributed by atoms with E-state index in [1.54, 1.807) is 24.1 Å². The summed E-state index contributed by atoms with van der Waals surface area (Å²) in [6.07, 6.45) is 0.138. The Labute approximate surface area is 168 Å². The SMILES string of the molecule is Cc1ccccc1OCCN(C)C(=O)CC1Sc2ccc(Cl)cc2NC1=O. The van der Waals surface area contributed by atoms with Crippen LogP contribution >= 0.6 is 23.4 Å². The molecule has 0 aliphatic carbocycles. The maximum atomic E-state index is 12.5. The Morgan fingerprint density at radius 1 is 1.30 bits per heavy atom. The summed E-state index contributed by atoms with van der Waals surface area (Å²) in [5.41, 5.74) is 1.75. The second kappa shape index (κ2) is 8.67. The number of carbonyl (C=O) groups is 2. The highest BCUT2D eigenvalue weighted by Crippen LogP contribution is 2.38. The highest BCUT2D eigenvalue weighted by molar-refractivity contribution is 8.01. The van der Waals surface area contributed by atoms with E-state index in [4.69, 9.17) is 16.3 Å². The third-order valence-electron chi connectivity index (χ3n) is 4.32. The maximum Gasteiger partial charge on any atom is 0.238 e. The number of ether oxygens (including phenoxy) is 1. The van der Waals surface area contributed by atoms with Crippen LogP contribution in [0.4, 0.5) is 5.69 Å². The average Bonchev–Trinajstić information content (AvgIpc) is 2.64. The molecule has 0 saturated heterocycles. The lowest BCUT2D eigenvalue weighted by Crippen LogP contribution is -2.37. The van der Waals surface area contributed by atoms with Gasteiger partial charge in [0.1, 0.15) is 12.4 Å². The average molecular weight is 405 g/mol. The third kappa shape index (κ3) is 4.96. The van der Waals surface area contributed by atoms with Gasteiger partial charge < -0.3 is 15.0 Å². The number of rotatable bonds is 6. The van der Waals surface area contributed by atoms with Crippen LogP contribution in [0.1, 0.15) is 12.0 Å². The van der Waals surface area contributed by atoms with Crippen LogP contribution in [0.15, 0.2) is 47.4 Å². The zero-order chi connectivity index (χ0) is 19.4. The zero-order valence-electron chi connectivity index (χ0n) is 15.2. The summed E-state index contributed by atoms with van der Waals surface area (Å²) in [5, 5.41) is 2.94. The quantitative estimate of drug-likeness (QED) is 0.790. The van der Waals surface area contributed by atoms with Crippen LogP contribution in [0.25, 0.3) is 0 Å². The van der Waals surface area contributed by atoms with E-state index < -0.39 is 5.25 Å². The fourth-order valence-electron chi connectivity index (χ4n) is 2.71. The second-order valence-corrected chi connectivity index (χ2v) is 8.05. The number of nitrogens with one attached hydrogen (secondary N) is 1. The van der Waals surface area contributed by atoms with E-state index >= 15 is 0 Å². The molecule has 0 spiro atoms. The Balaban J connectivity index is 1.51. The predicted molar refractivity (Wildman–Crippen MR) is 109 cm³/mol. The molecule has 27 heavy (non-hydrogen) atoms. The van der Waals surface area contributed by atoms with Crippen molar-refractivity contribution in [3.8, 4) is 5.75 Å². The van der Waals surface area contributed by atoms with Gasteiger partial charge in [-0.15, -0.1) is 11.8 Å². The molecule has 1 heterocycles. The van der Waals surface area contributed by atoms with Gasteiger partial charge in [-0.2, -0.15) is 0 Å². The van der Waals surface area contributed by atoms with Gasteiger partial charge in [0.05, 0.1) is 17.5 Å². The van der Waals surface area contributed by atoms with E-state index in [9.17, 15) is 9.59 Å². The molecular weight excluding hydrogens is 384 g/mol. The number of hydrogen-bond acceptors (Lipinski definition) is 4. The van der Waals surface area contributed by atoms with E-state index in [1.807, 2.05) is 37.3 Å². The standard InChI is InChI=1S/C20H21ClN2O3S/c1-13-5-3-4-6-16(13)26-10-9-23(2)19(24)12-18-20(25)22-15-11-14(21)7-8-17(15)27-18/h3-8,11,18H,9-10,12H2,1-2H3,(H,22,25). The number of para-hydroxylation sites is 1. The van der Waals surface area contributed by atoms with Crippen LogP contribution in [0.2, 0.25) is 5.02 Å². The van der Waals surface area contributed by atoms with Crippen LogP contribution in [-0.2, 0) is 9.59 Å². The number of anilines is 1. The molecule has 2 amide bonds. The predicted octanol–water partition coefficient (Wildman–Crippen LogP) is 3.99. The van der Waals surface area contributed by atoms with Gasteiger partial charge in [-0.1, -0.05) is 29.8 Å². The van der Waals surface area contributed by atoms with E-state index in [0.717, 1.165) is 16.2 Å². The molecule has 2 aromatic carbocycles. The Bertz CT molecular complexity index is 859. The fraction of sp³-hybridized carbons (Fsp3) is 0.300. The highest BCUT2D eigenvalue weighted by Gasteiger charge is 2.30. The van der Waals surface area contributed by atoms with Crippen molar-refractivity contribution in [3.05, 3.63) is 53.1 Å². The van der Waals surface area contributed by atoms with Gasteiger partial charge in [-0.05, 0) is 36.8 Å². The van der Waals surface area contributed by atoms with Gasteiger partial charge in [0.2, 0.25) is 11.8 Å². The first kappa shape index (κ1) is 19.6. The zero-order valence-corrected chi connectivity index (χ0v) is 16.8. The number of halogens is 1. The molecule has 1 N–H and O–H groups in total. The molecule has 1 aliphatic heterocycles. The number of hydrogen-bond donors (Lipinski definition) is 1. The molecule has 0 saturated carbocycles. The monoisotopic (exact) mass is 404 g/mol. The number of aryl methyl sites for hydroxylation is 1. The van der Waals surface area contributed by atoms with Crippen LogP contribution in [0, 0.1) is 6.92 Å².